The van der Waals surface area contributed by atoms with Crippen molar-refractivity contribution in [1.82, 2.24) is 0 Å². The van der Waals surface area contributed by atoms with E-state index in [0.717, 1.165) is 24.7 Å². The van der Waals surface area contributed by atoms with Crippen molar-refractivity contribution in [2.75, 3.05) is 11.9 Å². The Morgan fingerprint density at radius 1 is 0.882 bits per heavy atom. The molecule has 1 N–H and O–H groups in total. The molecule has 3 aliphatic rings. The number of anilines is 1. The van der Waals surface area contributed by atoms with Crippen molar-refractivity contribution >= 4 is 5.69 Å². The van der Waals surface area contributed by atoms with Gasteiger partial charge in [-0.3, -0.25) is 0 Å². The number of hydrogen-bond acceptors (Lipinski definition) is 2. The van der Waals surface area contributed by atoms with E-state index in [1.54, 1.807) is 5.56 Å². The van der Waals surface area contributed by atoms with Crippen LogP contribution in [0.4, 0.5) is 5.69 Å². The summed E-state index contributed by atoms with van der Waals surface area (Å²) in [6.45, 7) is 7.93. The molecule has 0 amide bonds. The number of rotatable bonds is 8. The van der Waals surface area contributed by atoms with Crippen molar-refractivity contribution < 1.29 is 4.74 Å². The largest absolute Gasteiger partial charge is 0.494 e. The zero-order chi connectivity index (χ0) is 23.7. The minimum absolute atomic E-state index is 0.206. The van der Waals surface area contributed by atoms with E-state index >= 15 is 0 Å². The highest BCUT2D eigenvalue weighted by Gasteiger charge is 2.62. The lowest BCUT2D eigenvalue weighted by Crippen LogP contribution is -2.59. The van der Waals surface area contributed by atoms with E-state index in [2.05, 4.69) is 56.4 Å². The summed E-state index contributed by atoms with van der Waals surface area (Å²) in [4.78, 5) is 0. The van der Waals surface area contributed by atoms with Crippen LogP contribution in [0.1, 0.15) is 109 Å². The van der Waals surface area contributed by atoms with Crippen molar-refractivity contribution in [3.05, 3.63) is 59.7 Å². The summed E-state index contributed by atoms with van der Waals surface area (Å²) in [7, 11) is 0. The third kappa shape index (κ3) is 4.27. The average molecular weight is 460 g/mol. The van der Waals surface area contributed by atoms with Gasteiger partial charge in [0.05, 0.1) is 6.61 Å². The van der Waals surface area contributed by atoms with Crippen LogP contribution in [0.5, 0.6) is 5.75 Å². The molecule has 0 radical (unpaired) electrons. The normalized spacial score (nSPS) is 27.9. The Morgan fingerprint density at radius 2 is 1.68 bits per heavy atom. The van der Waals surface area contributed by atoms with E-state index in [9.17, 15) is 0 Å². The van der Waals surface area contributed by atoms with Gasteiger partial charge in [-0.25, -0.2) is 0 Å². The molecule has 34 heavy (non-hydrogen) atoms. The van der Waals surface area contributed by atoms with Gasteiger partial charge in [-0.2, -0.15) is 0 Å². The molecule has 2 aliphatic carbocycles. The molecule has 0 aromatic heterocycles. The molecular formula is C32H45NO. The highest BCUT2D eigenvalue weighted by molar-refractivity contribution is 5.67. The van der Waals surface area contributed by atoms with Gasteiger partial charge in [-0.15, -0.1) is 0 Å². The van der Waals surface area contributed by atoms with E-state index in [4.69, 9.17) is 4.74 Å². The van der Waals surface area contributed by atoms with Crippen molar-refractivity contribution in [2.45, 2.75) is 114 Å². The zero-order valence-electron chi connectivity index (χ0n) is 21.8. The molecule has 1 spiro atoms. The van der Waals surface area contributed by atoms with Gasteiger partial charge in [-0.05, 0) is 79.2 Å². The van der Waals surface area contributed by atoms with Gasteiger partial charge >= 0.3 is 0 Å². The minimum Gasteiger partial charge on any atom is -0.494 e. The minimum atomic E-state index is 0.206. The Balaban J connectivity index is 1.27. The predicted octanol–water partition coefficient (Wildman–Crippen LogP) is 8.79. The first kappa shape index (κ1) is 23.8. The van der Waals surface area contributed by atoms with Crippen LogP contribution >= 0.6 is 0 Å². The fourth-order valence-corrected chi connectivity index (χ4v) is 7.67. The van der Waals surface area contributed by atoms with E-state index in [1.807, 2.05) is 18.2 Å². The average Bonchev–Trinajstić information content (AvgIpc) is 3.12. The first-order valence-corrected chi connectivity index (χ1v) is 14.1. The van der Waals surface area contributed by atoms with Gasteiger partial charge in [0.25, 0.3) is 0 Å². The second-order valence-electron chi connectivity index (χ2n) is 12.3. The molecule has 5 rings (SSSR count). The van der Waals surface area contributed by atoms with Crippen molar-refractivity contribution in [2.24, 2.45) is 5.92 Å². The third-order valence-corrected chi connectivity index (χ3v) is 9.33. The van der Waals surface area contributed by atoms with Crippen LogP contribution in [0.3, 0.4) is 0 Å². The number of hydrogen-bond donors (Lipinski definition) is 1. The Hall–Kier alpha value is -1.96. The molecule has 1 heterocycles. The maximum absolute atomic E-state index is 5.91. The van der Waals surface area contributed by atoms with Crippen LogP contribution in [0.15, 0.2) is 48.5 Å². The number of fused-ring (bicyclic) bond motifs is 1. The molecule has 0 bridgehead atoms. The van der Waals surface area contributed by atoms with Crippen molar-refractivity contribution in [3.63, 3.8) is 0 Å². The fourth-order valence-electron chi connectivity index (χ4n) is 7.67. The topological polar surface area (TPSA) is 21.3 Å². The highest BCUT2D eigenvalue weighted by Crippen LogP contribution is 2.64. The van der Waals surface area contributed by atoms with Gasteiger partial charge in [-0.1, -0.05) is 89.6 Å². The first-order chi connectivity index (χ1) is 16.4. The maximum atomic E-state index is 5.91. The predicted molar refractivity (Wildman–Crippen MR) is 144 cm³/mol. The van der Waals surface area contributed by atoms with Crippen LogP contribution in [0, 0.1) is 5.92 Å². The molecule has 3 atom stereocenters. The number of benzene rings is 2. The van der Waals surface area contributed by atoms with Crippen LogP contribution < -0.4 is 10.1 Å². The lowest BCUT2D eigenvalue weighted by atomic mass is 9.49. The van der Waals surface area contributed by atoms with Crippen LogP contribution in [0.2, 0.25) is 0 Å². The molecule has 2 nitrogen and oxygen atoms in total. The molecule has 2 aromatic rings. The van der Waals surface area contributed by atoms with Crippen LogP contribution in [0.25, 0.3) is 0 Å². The van der Waals surface area contributed by atoms with E-state index in [1.165, 1.54) is 81.9 Å². The molecule has 0 saturated heterocycles. The summed E-state index contributed by atoms with van der Waals surface area (Å²) in [5.74, 6) is 1.86. The van der Waals surface area contributed by atoms with Crippen LogP contribution in [-0.2, 0) is 10.8 Å². The number of ether oxygens (including phenoxy) is 1. The second kappa shape index (κ2) is 9.59. The Morgan fingerprint density at radius 3 is 2.50 bits per heavy atom. The Bertz CT molecular complexity index is 959. The monoisotopic (exact) mass is 459 g/mol. The van der Waals surface area contributed by atoms with Gasteiger partial charge < -0.3 is 10.1 Å². The summed E-state index contributed by atoms with van der Waals surface area (Å²) in [6, 6.07) is 17.7. The summed E-state index contributed by atoms with van der Waals surface area (Å²) in [5.41, 5.74) is 5.48. The Labute approximate surface area is 207 Å². The molecule has 2 aromatic carbocycles. The number of nitrogens with one attached hydrogen (secondary N) is 1. The quantitative estimate of drug-likeness (QED) is 0.398. The SMILES string of the molecule is CC(C)(C)c1ccc2c(c1)C13CCCCC1CCCC3(CCCCCCOc1ccccc1)N2. The third-order valence-electron chi connectivity index (χ3n) is 9.33. The molecule has 2 saturated carbocycles. The Kier molecular flexibility index (Phi) is 6.70. The molecule has 2 heteroatoms. The molecule has 3 unspecified atom stereocenters. The van der Waals surface area contributed by atoms with Gasteiger partial charge in [0.2, 0.25) is 0 Å². The summed E-state index contributed by atoms with van der Waals surface area (Å²) in [5, 5.41) is 4.22. The standard InChI is InChI=1S/C32H45NO/c1-30(2,3)26-18-19-29-28(24-26)32-22-11-9-14-25(32)15-13-21-31(32,33-29)20-10-4-5-12-23-34-27-16-7-6-8-17-27/h6-8,16-19,24-25,33H,4-5,9-15,20-23H2,1-3H3. The fraction of sp³-hybridized carbons (Fsp3) is 0.625. The van der Waals surface area contributed by atoms with E-state index in [0.29, 0.717) is 5.41 Å². The van der Waals surface area contributed by atoms with Crippen molar-refractivity contribution in [1.29, 1.82) is 0 Å². The van der Waals surface area contributed by atoms with Gasteiger partial charge in [0.1, 0.15) is 5.75 Å². The molecule has 1 aliphatic heterocycles. The van der Waals surface area contributed by atoms with E-state index in [-0.39, 0.29) is 11.0 Å². The van der Waals surface area contributed by atoms with Gasteiger partial charge in [0.15, 0.2) is 0 Å². The highest BCUT2D eigenvalue weighted by atomic mass is 16.5. The molecular weight excluding hydrogens is 414 g/mol. The van der Waals surface area contributed by atoms with Crippen LogP contribution in [-0.4, -0.2) is 12.1 Å². The summed E-state index contributed by atoms with van der Waals surface area (Å²) >= 11 is 0. The van der Waals surface area contributed by atoms with E-state index < -0.39 is 0 Å². The first-order valence-electron chi connectivity index (χ1n) is 14.1. The number of para-hydroxylation sites is 1. The lowest BCUT2D eigenvalue weighted by molar-refractivity contribution is 0.0514. The zero-order valence-corrected chi connectivity index (χ0v) is 21.8. The maximum Gasteiger partial charge on any atom is 0.119 e. The second-order valence-corrected chi connectivity index (χ2v) is 12.3. The van der Waals surface area contributed by atoms with Crippen molar-refractivity contribution in [3.8, 4) is 5.75 Å². The molecule has 184 valence electrons. The summed E-state index contributed by atoms with van der Waals surface area (Å²) < 4.78 is 5.91. The smallest absolute Gasteiger partial charge is 0.119 e. The number of unbranched alkanes of at least 4 members (excludes halogenated alkanes) is 3. The van der Waals surface area contributed by atoms with Gasteiger partial charge in [0, 0.05) is 16.6 Å². The summed E-state index contributed by atoms with van der Waals surface area (Å²) in [6.07, 6.45) is 16.2. The lowest BCUT2D eigenvalue weighted by Gasteiger charge is -2.57. The molecule has 2 fully saturated rings.